The minimum Gasteiger partial charge on any atom is -0.507 e. The van der Waals surface area contributed by atoms with Crippen LogP contribution in [0.4, 0.5) is 5.69 Å². The van der Waals surface area contributed by atoms with E-state index in [0.29, 0.717) is 15.9 Å². The van der Waals surface area contributed by atoms with Crippen molar-refractivity contribution in [2.75, 3.05) is 5.32 Å². The van der Waals surface area contributed by atoms with Crippen molar-refractivity contribution in [1.82, 2.24) is 4.98 Å². The number of aromatic hydroxyl groups is 1. The Morgan fingerprint density at radius 1 is 1.20 bits per heavy atom. The van der Waals surface area contributed by atoms with Gasteiger partial charge in [-0.2, -0.15) is 0 Å². The maximum Gasteiger partial charge on any atom is 0.339 e. The van der Waals surface area contributed by atoms with Gasteiger partial charge in [-0.1, -0.05) is 0 Å². The van der Waals surface area contributed by atoms with Crippen molar-refractivity contribution in [1.29, 1.82) is 0 Å². The number of carbonyl (C=O) groups excluding carboxylic acids is 1. The second-order valence-electron chi connectivity index (χ2n) is 3.86. The van der Waals surface area contributed by atoms with E-state index in [1.165, 1.54) is 24.4 Å². The first-order chi connectivity index (χ1) is 9.47. The lowest BCUT2D eigenvalue weighted by Gasteiger charge is -2.07. The van der Waals surface area contributed by atoms with Crippen LogP contribution < -0.4 is 5.32 Å². The van der Waals surface area contributed by atoms with Crippen LogP contribution in [0.15, 0.2) is 41.1 Å². The largest absolute Gasteiger partial charge is 0.507 e. The number of rotatable bonds is 3. The fourth-order valence-corrected chi connectivity index (χ4v) is 1.74. The third kappa shape index (κ3) is 3.12. The number of nitrogens with zero attached hydrogens (tertiary/aromatic N) is 1. The van der Waals surface area contributed by atoms with Crippen LogP contribution >= 0.6 is 15.9 Å². The Balaban J connectivity index is 2.18. The summed E-state index contributed by atoms with van der Waals surface area (Å²) in [5, 5.41) is 20.9. The number of carboxylic acids is 1. The van der Waals surface area contributed by atoms with Crippen molar-refractivity contribution in [3.05, 3.63) is 52.3 Å². The van der Waals surface area contributed by atoms with E-state index in [1.807, 2.05) is 0 Å². The average Bonchev–Trinajstić information content (AvgIpc) is 2.39. The number of carboxylic acid groups (broad SMARTS) is 1. The zero-order valence-corrected chi connectivity index (χ0v) is 11.6. The highest BCUT2D eigenvalue weighted by molar-refractivity contribution is 9.10. The van der Waals surface area contributed by atoms with E-state index in [9.17, 15) is 14.7 Å². The highest BCUT2D eigenvalue weighted by Gasteiger charge is 2.12. The van der Waals surface area contributed by atoms with E-state index >= 15 is 0 Å². The number of carbonyl (C=O) groups is 2. The first kappa shape index (κ1) is 14.0. The van der Waals surface area contributed by atoms with Gasteiger partial charge in [0.1, 0.15) is 15.9 Å². The van der Waals surface area contributed by atoms with Gasteiger partial charge in [0.2, 0.25) is 0 Å². The molecule has 0 radical (unpaired) electrons. The van der Waals surface area contributed by atoms with Gasteiger partial charge in [0.25, 0.3) is 5.91 Å². The number of pyridine rings is 1. The molecular formula is C13H9BrN2O4. The molecule has 1 aromatic heterocycles. The lowest BCUT2D eigenvalue weighted by Crippen LogP contribution is -2.12. The molecule has 7 heteroatoms. The molecule has 20 heavy (non-hydrogen) atoms. The third-order valence-electron chi connectivity index (χ3n) is 2.48. The molecule has 3 N–H and O–H groups in total. The topological polar surface area (TPSA) is 99.5 Å². The zero-order valence-electron chi connectivity index (χ0n) is 10.0. The maximum atomic E-state index is 11.9. The summed E-state index contributed by atoms with van der Waals surface area (Å²) in [6, 6.07) is 6.99. The van der Waals surface area contributed by atoms with Crippen LogP contribution in [-0.2, 0) is 0 Å². The fourth-order valence-electron chi connectivity index (χ4n) is 1.50. The quantitative estimate of drug-likeness (QED) is 0.748. The lowest BCUT2D eigenvalue weighted by atomic mass is 10.1. The second-order valence-corrected chi connectivity index (χ2v) is 4.67. The van der Waals surface area contributed by atoms with Crippen molar-refractivity contribution in [2.24, 2.45) is 0 Å². The number of phenols is 1. The van der Waals surface area contributed by atoms with Gasteiger partial charge in [-0.15, -0.1) is 0 Å². The Bertz CT molecular complexity index is 671. The minimum atomic E-state index is -1.24. The molecule has 0 atom stereocenters. The molecule has 0 spiro atoms. The first-order valence-corrected chi connectivity index (χ1v) is 6.26. The standard InChI is InChI=1S/C13H9BrN2O4/c14-11-4-1-7(6-15-11)12(18)16-8-2-3-9(13(19)20)10(17)5-8/h1-6,17H,(H,16,18)(H,19,20). The van der Waals surface area contributed by atoms with E-state index < -0.39 is 17.6 Å². The number of hydrogen-bond acceptors (Lipinski definition) is 4. The Morgan fingerprint density at radius 3 is 2.50 bits per heavy atom. The molecule has 2 aromatic rings. The number of anilines is 1. The van der Waals surface area contributed by atoms with Crippen molar-refractivity contribution >= 4 is 33.5 Å². The van der Waals surface area contributed by atoms with Gasteiger partial charge < -0.3 is 15.5 Å². The van der Waals surface area contributed by atoms with Crippen molar-refractivity contribution in [3.63, 3.8) is 0 Å². The summed E-state index contributed by atoms with van der Waals surface area (Å²) < 4.78 is 0.609. The fraction of sp³-hybridized carbons (Fsp3) is 0. The predicted octanol–water partition coefficient (Wildman–Crippen LogP) is 2.50. The maximum absolute atomic E-state index is 11.9. The molecule has 0 aliphatic carbocycles. The molecular weight excluding hydrogens is 328 g/mol. The van der Waals surface area contributed by atoms with Crippen LogP contribution in [0.5, 0.6) is 5.75 Å². The van der Waals surface area contributed by atoms with Crippen LogP contribution in [0, 0.1) is 0 Å². The smallest absolute Gasteiger partial charge is 0.339 e. The van der Waals surface area contributed by atoms with Gasteiger partial charge in [0.15, 0.2) is 0 Å². The number of hydrogen-bond donors (Lipinski definition) is 3. The molecule has 1 heterocycles. The molecule has 0 aliphatic heterocycles. The van der Waals surface area contributed by atoms with Gasteiger partial charge in [0, 0.05) is 18.0 Å². The van der Waals surface area contributed by atoms with Crippen LogP contribution in [0.3, 0.4) is 0 Å². The normalized spacial score (nSPS) is 10.1. The number of halogens is 1. The van der Waals surface area contributed by atoms with Crippen molar-refractivity contribution < 1.29 is 19.8 Å². The highest BCUT2D eigenvalue weighted by atomic mass is 79.9. The molecule has 0 aliphatic rings. The summed E-state index contributed by atoms with van der Waals surface area (Å²) in [5.41, 5.74) is 0.406. The molecule has 0 fully saturated rings. The Labute approximate surface area is 122 Å². The second kappa shape index (κ2) is 5.70. The number of amides is 1. The summed E-state index contributed by atoms with van der Waals surface area (Å²) in [4.78, 5) is 26.6. The molecule has 6 nitrogen and oxygen atoms in total. The minimum absolute atomic E-state index is 0.228. The number of aromatic nitrogens is 1. The van der Waals surface area contributed by atoms with Gasteiger partial charge in [-0.25, -0.2) is 9.78 Å². The van der Waals surface area contributed by atoms with Crippen LogP contribution in [0.2, 0.25) is 0 Å². The van der Waals surface area contributed by atoms with E-state index in [4.69, 9.17) is 5.11 Å². The van der Waals surface area contributed by atoms with E-state index in [2.05, 4.69) is 26.2 Å². The van der Waals surface area contributed by atoms with Gasteiger partial charge in [-0.05, 0) is 40.2 Å². The van der Waals surface area contributed by atoms with Crippen LogP contribution in [0.1, 0.15) is 20.7 Å². The Kier molecular flexibility index (Phi) is 3.99. The number of benzene rings is 1. The Morgan fingerprint density at radius 2 is 1.95 bits per heavy atom. The van der Waals surface area contributed by atoms with Gasteiger partial charge >= 0.3 is 5.97 Å². The molecule has 102 valence electrons. The number of nitrogens with one attached hydrogen (secondary N) is 1. The van der Waals surface area contributed by atoms with E-state index in [1.54, 1.807) is 12.1 Å². The lowest BCUT2D eigenvalue weighted by molar-refractivity contribution is 0.0693. The molecule has 0 bridgehead atoms. The zero-order chi connectivity index (χ0) is 14.7. The van der Waals surface area contributed by atoms with Gasteiger partial charge in [0.05, 0.1) is 5.56 Å². The summed E-state index contributed by atoms with van der Waals surface area (Å²) in [6.07, 6.45) is 1.39. The third-order valence-corrected chi connectivity index (χ3v) is 2.94. The van der Waals surface area contributed by atoms with E-state index in [-0.39, 0.29) is 5.56 Å². The van der Waals surface area contributed by atoms with Crippen molar-refractivity contribution in [3.8, 4) is 5.75 Å². The summed E-state index contributed by atoms with van der Waals surface area (Å²) in [7, 11) is 0. The SMILES string of the molecule is O=C(Nc1ccc(C(=O)O)c(O)c1)c1ccc(Br)nc1. The molecule has 0 unspecified atom stereocenters. The highest BCUT2D eigenvalue weighted by Crippen LogP contribution is 2.22. The molecule has 0 saturated heterocycles. The molecule has 2 rings (SSSR count). The summed E-state index contributed by atoms with van der Waals surface area (Å²) in [5.74, 6) is -2.06. The van der Waals surface area contributed by atoms with Crippen molar-refractivity contribution in [2.45, 2.75) is 0 Å². The summed E-state index contributed by atoms with van der Waals surface area (Å²) >= 11 is 3.16. The van der Waals surface area contributed by atoms with Crippen LogP contribution in [-0.4, -0.2) is 27.1 Å². The van der Waals surface area contributed by atoms with Crippen LogP contribution in [0.25, 0.3) is 0 Å². The van der Waals surface area contributed by atoms with Gasteiger partial charge in [-0.3, -0.25) is 4.79 Å². The molecule has 0 saturated carbocycles. The Hall–Kier alpha value is -2.41. The predicted molar refractivity (Wildman–Crippen MR) is 75.0 cm³/mol. The summed E-state index contributed by atoms with van der Waals surface area (Å²) in [6.45, 7) is 0. The first-order valence-electron chi connectivity index (χ1n) is 5.46. The average molecular weight is 337 g/mol. The monoisotopic (exact) mass is 336 g/mol. The molecule has 1 amide bonds. The molecule has 1 aromatic carbocycles. The number of aromatic carboxylic acids is 1. The van der Waals surface area contributed by atoms with E-state index in [0.717, 1.165) is 0 Å².